The van der Waals surface area contributed by atoms with Gasteiger partial charge in [0.1, 0.15) is 0 Å². The van der Waals surface area contributed by atoms with Gasteiger partial charge in [0, 0.05) is 29.2 Å². The number of ether oxygens (including phenoxy) is 2. The van der Waals surface area contributed by atoms with E-state index in [2.05, 4.69) is 5.32 Å². The summed E-state index contributed by atoms with van der Waals surface area (Å²) in [5, 5.41) is 2.91. The van der Waals surface area contributed by atoms with E-state index in [0.717, 1.165) is 16.7 Å². The molecule has 0 fully saturated rings. The largest absolute Gasteiger partial charge is 0.493 e. The number of ketones is 1. The summed E-state index contributed by atoms with van der Waals surface area (Å²) in [5.74, 6) is 1.20. The van der Waals surface area contributed by atoms with Crippen LogP contribution in [0.3, 0.4) is 0 Å². The lowest BCUT2D eigenvalue weighted by Crippen LogP contribution is -2.26. The SMILES string of the molecule is COc1cc(CCNC(=O)c2ccccc2)c2c(c1OC)CC(C)C2=O. The molecular formula is C21H23NO4. The second-order valence-electron chi connectivity index (χ2n) is 6.47. The lowest BCUT2D eigenvalue weighted by Gasteiger charge is -2.16. The third-order valence-corrected chi connectivity index (χ3v) is 4.77. The van der Waals surface area contributed by atoms with E-state index in [1.807, 2.05) is 31.2 Å². The van der Waals surface area contributed by atoms with Gasteiger partial charge in [0.05, 0.1) is 14.2 Å². The first-order valence-corrected chi connectivity index (χ1v) is 8.71. The average Bonchev–Trinajstić information content (AvgIpc) is 2.96. The van der Waals surface area contributed by atoms with Gasteiger partial charge < -0.3 is 14.8 Å². The molecule has 136 valence electrons. The standard InChI is InChI=1S/C21H23NO4/c1-13-11-16-18(19(13)23)15(12-17(25-2)20(16)26-3)9-10-22-21(24)14-7-5-4-6-8-14/h4-8,12-13H,9-11H2,1-3H3,(H,22,24). The van der Waals surface area contributed by atoms with E-state index >= 15 is 0 Å². The Balaban J connectivity index is 1.81. The van der Waals surface area contributed by atoms with Gasteiger partial charge in [-0.25, -0.2) is 0 Å². The predicted octanol–water partition coefficient (Wildman–Crippen LogP) is 3.05. The quantitative estimate of drug-likeness (QED) is 0.867. The van der Waals surface area contributed by atoms with Gasteiger partial charge in [-0.15, -0.1) is 0 Å². The molecule has 1 unspecified atom stereocenters. The Kier molecular flexibility index (Phi) is 5.26. The number of Topliss-reactive ketones (excluding diaryl/α,β-unsaturated/α-hetero) is 1. The van der Waals surface area contributed by atoms with Crippen LogP contribution >= 0.6 is 0 Å². The van der Waals surface area contributed by atoms with Crippen molar-refractivity contribution in [3.63, 3.8) is 0 Å². The number of hydrogen-bond donors (Lipinski definition) is 1. The second kappa shape index (κ2) is 7.60. The van der Waals surface area contributed by atoms with Crippen molar-refractivity contribution >= 4 is 11.7 Å². The van der Waals surface area contributed by atoms with Gasteiger partial charge >= 0.3 is 0 Å². The monoisotopic (exact) mass is 353 g/mol. The minimum absolute atomic E-state index is 0.0660. The molecule has 0 radical (unpaired) electrons. The molecule has 26 heavy (non-hydrogen) atoms. The molecule has 1 aliphatic carbocycles. The van der Waals surface area contributed by atoms with E-state index in [0.29, 0.717) is 36.4 Å². The summed E-state index contributed by atoms with van der Waals surface area (Å²) in [6, 6.07) is 10.9. The maximum absolute atomic E-state index is 12.6. The fourth-order valence-electron chi connectivity index (χ4n) is 3.47. The summed E-state index contributed by atoms with van der Waals surface area (Å²) in [7, 11) is 3.18. The Labute approximate surface area is 153 Å². The van der Waals surface area contributed by atoms with Crippen molar-refractivity contribution in [2.24, 2.45) is 5.92 Å². The fraction of sp³-hybridized carbons (Fsp3) is 0.333. The van der Waals surface area contributed by atoms with E-state index in [-0.39, 0.29) is 17.6 Å². The molecule has 1 N–H and O–H groups in total. The van der Waals surface area contributed by atoms with Crippen molar-refractivity contribution in [1.29, 1.82) is 0 Å². The molecule has 5 heteroatoms. The van der Waals surface area contributed by atoms with Gasteiger partial charge in [0.25, 0.3) is 5.91 Å². The second-order valence-corrected chi connectivity index (χ2v) is 6.47. The van der Waals surface area contributed by atoms with Crippen molar-refractivity contribution in [2.75, 3.05) is 20.8 Å². The molecule has 0 bridgehead atoms. The summed E-state index contributed by atoms with van der Waals surface area (Å²) < 4.78 is 10.9. The van der Waals surface area contributed by atoms with E-state index in [1.165, 1.54) is 0 Å². The number of amides is 1. The molecule has 2 aromatic rings. The van der Waals surface area contributed by atoms with E-state index in [1.54, 1.807) is 26.4 Å². The van der Waals surface area contributed by atoms with Gasteiger partial charge in [-0.05, 0) is 36.6 Å². The summed E-state index contributed by atoms with van der Waals surface area (Å²) in [6.45, 7) is 2.37. The number of carbonyl (C=O) groups excluding carboxylic acids is 2. The smallest absolute Gasteiger partial charge is 0.251 e. The molecule has 0 aromatic heterocycles. The van der Waals surface area contributed by atoms with Crippen LogP contribution in [0.1, 0.15) is 38.8 Å². The highest BCUT2D eigenvalue weighted by molar-refractivity contribution is 6.04. The van der Waals surface area contributed by atoms with Crippen LogP contribution in [0.25, 0.3) is 0 Å². The zero-order valence-corrected chi connectivity index (χ0v) is 15.3. The summed E-state index contributed by atoms with van der Waals surface area (Å²) in [6.07, 6.45) is 1.21. The highest BCUT2D eigenvalue weighted by Gasteiger charge is 2.33. The van der Waals surface area contributed by atoms with Crippen LogP contribution < -0.4 is 14.8 Å². The van der Waals surface area contributed by atoms with Crippen LogP contribution in [0.15, 0.2) is 36.4 Å². The van der Waals surface area contributed by atoms with E-state index < -0.39 is 0 Å². The average molecular weight is 353 g/mol. The van der Waals surface area contributed by atoms with Crippen molar-refractivity contribution in [2.45, 2.75) is 19.8 Å². The number of methoxy groups -OCH3 is 2. The summed E-state index contributed by atoms with van der Waals surface area (Å²) in [5.41, 5.74) is 3.15. The molecule has 0 saturated heterocycles. The molecule has 0 spiro atoms. The Bertz CT molecular complexity index is 830. The van der Waals surface area contributed by atoms with Crippen LogP contribution in [0, 0.1) is 5.92 Å². The molecule has 1 aliphatic rings. The van der Waals surface area contributed by atoms with Crippen LogP contribution in [0.2, 0.25) is 0 Å². The first-order chi connectivity index (χ1) is 12.6. The molecule has 0 heterocycles. The maximum atomic E-state index is 12.6. The molecule has 0 aliphatic heterocycles. The van der Waals surface area contributed by atoms with Crippen LogP contribution in [-0.2, 0) is 12.8 Å². The third kappa shape index (κ3) is 3.29. The first-order valence-electron chi connectivity index (χ1n) is 8.71. The number of carbonyl (C=O) groups is 2. The van der Waals surface area contributed by atoms with Gasteiger partial charge in [-0.2, -0.15) is 0 Å². The van der Waals surface area contributed by atoms with Gasteiger partial charge in [0.15, 0.2) is 17.3 Å². The Morgan fingerprint density at radius 2 is 1.92 bits per heavy atom. The highest BCUT2D eigenvalue weighted by Crippen LogP contribution is 2.42. The number of rotatable bonds is 6. The molecule has 3 rings (SSSR count). The zero-order chi connectivity index (χ0) is 18.7. The first kappa shape index (κ1) is 18.0. The summed E-state index contributed by atoms with van der Waals surface area (Å²) >= 11 is 0. The molecular weight excluding hydrogens is 330 g/mol. The molecule has 0 saturated carbocycles. The van der Waals surface area contributed by atoms with Crippen molar-refractivity contribution in [3.8, 4) is 11.5 Å². The molecule has 2 aromatic carbocycles. The minimum Gasteiger partial charge on any atom is -0.493 e. The van der Waals surface area contributed by atoms with E-state index in [9.17, 15) is 9.59 Å². The zero-order valence-electron chi connectivity index (χ0n) is 15.3. The van der Waals surface area contributed by atoms with Crippen molar-refractivity contribution in [1.82, 2.24) is 5.32 Å². The topological polar surface area (TPSA) is 64.6 Å². The number of fused-ring (bicyclic) bond motifs is 1. The predicted molar refractivity (Wildman–Crippen MR) is 99.2 cm³/mol. The van der Waals surface area contributed by atoms with Crippen LogP contribution in [0.5, 0.6) is 11.5 Å². The molecule has 1 amide bonds. The van der Waals surface area contributed by atoms with Gasteiger partial charge in [-0.3, -0.25) is 9.59 Å². The Morgan fingerprint density at radius 1 is 1.19 bits per heavy atom. The normalized spacial score (nSPS) is 15.5. The fourth-order valence-corrected chi connectivity index (χ4v) is 3.47. The Morgan fingerprint density at radius 3 is 2.58 bits per heavy atom. The summed E-state index contributed by atoms with van der Waals surface area (Å²) in [4.78, 5) is 24.8. The number of benzene rings is 2. The van der Waals surface area contributed by atoms with Gasteiger partial charge in [-0.1, -0.05) is 25.1 Å². The third-order valence-electron chi connectivity index (χ3n) is 4.77. The van der Waals surface area contributed by atoms with E-state index in [4.69, 9.17) is 9.47 Å². The number of hydrogen-bond acceptors (Lipinski definition) is 4. The highest BCUT2D eigenvalue weighted by atomic mass is 16.5. The van der Waals surface area contributed by atoms with Crippen LogP contribution in [0.4, 0.5) is 0 Å². The maximum Gasteiger partial charge on any atom is 0.251 e. The number of nitrogens with one attached hydrogen (secondary N) is 1. The van der Waals surface area contributed by atoms with Crippen molar-refractivity contribution < 1.29 is 19.1 Å². The van der Waals surface area contributed by atoms with Gasteiger partial charge in [0.2, 0.25) is 0 Å². The van der Waals surface area contributed by atoms with Crippen molar-refractivity contribution in [3.05, 3.63) is 58.7 Å². The van der Waals surface area contributed by atoms with Crippen LogP contribution in [-0.4, -0.2) is 32.5 Å². The Hall–Kier alpha value is -2.82. The molecule has 5 nitrogen and oxygen atoms in total. The minimum atomic E-state index is -0.123. The lowest BCUT2D eigenvalue weighted by atomic mass is 9.98. The molecule has 1 atom stereocenters. The lowest BCUT2D eigenvalue weighted by molar-refractivity contribution is 0.0943.